The van der Waals surface area contributed by atoms with Gasteiger partial charge in [0.15, 0.2) is 0 Å². The van der Waals surface area contributed by atoms with E-state index in [1.165, 1.54) is 30.3 Å². The number of benzene rings is 8. The molecule has 0 radical (unpaired) electrons. The molecular weight excluding hydrogens is 865 g/mol. The fourth-order valence-corrected chi connectivity index (χ4v) is 12.0. The third-order valence-corrected chi connectivity index (χ3v) is 14.4. The lowest BCUT2D eigenvalue weighted by Crippen LogP contribution is -2.21. The van der Waals surface area contributed by atoms with Gasteiger partial charge in [-0.1, -0.05) is 48.5 Å². The Kier molecular flexibility index (Phi) is 8.97. The molecule has 8 aromatic carbocycles. The van der Waals surface area contributed by atoms with Gasteiger partial charge in [0.1, 0.15) is 81.2 Å². The van der Waals surface area contributed by atoms with E-state index in [4.69, 9.17) is 9.47 Å². The number of phenolic OH excluding ortho intramolecular Hbond substituents is 10. The fourth-order valence-electron chi connectivity index (χ4n) is 12.0. The Bertz CT molecular complexity index is 3310. The van der Waals surface area contributed by atoms with E-state index >= 15 is 0 Å². The van der Waals surface area contributed by atoms with E-state index in [0.717, 1.165) is 5.56 Å². The summed E-state index contributed by atoms with van der Waals surface area (Å²) in [7, 11) is 0. The monoisotopic (exact) mass is 906 g/mol. The van der Waals surface area contributed by atoms with Gasteiger partial charge in [-0.25, -0.2) is 0 Å². The van der Waals surface area contributed by atoms with Crippen LogP contribution in [0.1, 0.15) is 114 Å². The van der Waals surface area contributed by atoms with Crippen LogP contribution in [0.5, 0.6) is 69.0 Å². The summed E-state index contributed by atoms with van der Waals surface area (Å²) < 4.78 is 13.7. The summed E-state index contributed by atoms with van der Waals surface area (Å²) in [4.78, 5) is 0. The minimum absolute atomic E-state index is 0.0105. The second-order valence-corrected chi connectivity index (χ2v) is 18.2. The zero-order chi connectivity index (χ0) is 46.9. The Balaban J connectivity index is 1.20. The Morgan fingerprint density at radius 3 is 1.26 bits per heavy atom. The minimum atomic E-state index is -0.838. The van der Waals surface area contributed by atoms with Gasteiger partial charge in [-0.2, -0.15) is 0 Å². The molecule has 10 N–H and O–H groups in total. The number of hydrogen-bond donors (Lipinski definition) is 10. The Hall–Kier alpha value is -8.64. The third-order valence-electron chi connectivity index (χ3n) is 14.4. The van der Waals surface area contributed by atoms with Gasteiger partial charge in [0.25, 0.3) is 0 Å². The van der Waals surface area contributed by atoms with Crippen LogP contribution >= 0.6 is 0 Å². The van der Waals surface area contributed by atoms with Crippen LogP contribution < -0.4 is 9.47 Å². The largest absolute Gasteiger partial charge is 0.508 e. The Morgan fingerprint density at radius 1 is 0.265 bits per heavy atom. The zero-order valence-corrected chi connectivity index (χ0v) is 35.8. The van der Waals surface area contributed by atoms with Crippen molar-refractivity contribution in [1.29, 1.82) is 0 Å². The minimum Gasteiger partial charge on any atom is -0.508 e. The molecule has 0 saturated carbocycles. The molecule has 0 unspecified atom stereocenters. The lowest BCUT2D eigenvalue weighted by molar-refractivity contribution is 0.221. The molecule has 12 rings (SSSR count). The van der Waals surface area contributed by atoms with Gasteiger partial charge in [-0.15, -0.1) is 0 Å². The fraction of sp³-hybridized carbons (Fsp3) is 0.143. The molecule has 68 heavy (non-hydrogen) atoms. The van der Waals surface area contributed by atoms with Crippen LogP contribution in [-0.4, -0.2) is 51.1 Å². The molecule has 8 atom stereocenters. The molecule has 0 spiro atoms. The van der Waals surface area contributed by atoms with Crippen LogP contribution in [0.3, 0.4) is 0 Å². The molecule has 338 valence electrons. The van der Waals surface area contributed by atoms with Gasteiger partial charge in [0.05, 0.1) is 11.8 Å². The van der Waals surface area contributed by atoms with E-state index in [2.05, 4.69) is 0 Å². The SMILES string of the molecule is Oc1ccc([C@@H]2c3c(O)cc(O)cc3[C@@H]3c4c(cc(O)c5c4[C@@H]2[C@H](c2ccc(O)cc2)[C@H]5c2cc(O)cc4c2[C@H](c2cc(O)cc(O)c2)[C@@H](c2ccc(O)cc2)O4)O[C@H]3c2ccc(O)cc2)cc1. The van der Waals surface area contributed by atoms with Crippen molar-refractivity contribution in [2.45, 2.75) is 47.7 Å². The van der Waals surface area contributed by atoms with Crippen molar-refractivity contribution in [2.24, 2.45) is 0 Å². The molecule has 0 bridgehead atoms. The van der Waals surface area contributed by atoms with Crippen molar-refractivity contribution in [3.05, 3.63) is 212 Å². The second kappa shape index (κ2) is 14.9. The summed E-state index contributed by atoms with van der Waals surface area (Å²) in [5, 5.41) is 112. The second-order valence-electron chi connectivity index (χ2n) is 18.2. The number of aromatic hydroxyl groups is 10. The Morgan fingerprint density at radius 2 is 0.706 bits per heavy atom. The highest BCUT2D eigenvalue weighted by Gasteiger charge is 2.57. The van der Waals surface area contributed by atoms with Gasteiger partial charge in [0.2, 0.25) is 0 Å². The molecule has 0 fully saturated rings. The highest BCUT2D eigenvalue weighted by atomic mass is 16.5. The average molecular weight is 907 g/mol. The van der Waals surface area contributed by atoms with Crippen molar-refractivity contribution >= 4 is 0 Å². The van der Waals surface area contributed by atoms with E-state index in [9.17, 15) is 51.1 Å². The summed E-state index contributed by atoms with van der Waals surface area (Å²) in [6, 6.07) is 38.6. The highest BCUT2D eigenvalue weighted by Crippen LogP contribution is 2.72. The molecule has 0 amide bonds. The molecule has 12 nitrogen and oxygen atoms in total. The third kappa shape index (κ3) is 6.20. The first kappa shape index (κ1) is 40.8. The van der Waals surface area contributed by atoms with Crippen molar-refractivity contribution in [3.63, 3.8) is 0 Å². The first-order valence-electron chi connectivity index (χ1n) is 22.2. The summed E-state index contributed by atoms with van der Waals surface area (Å²) >= 11 is 0. The highest BCUT2D eigenvalue weighted by molar-refractivity contribution is 5.74. The van der Waals surface area contributed by atoms with Gasteiger partial charge in [-0.3, -0.25) is 0 Å². The summed E-state index contributed by atoms with van der Waals surface area (Å²) in [5.74, 6) is -4.72. The molecule has 2 heterocycles. The average Bonchev–Trinajstić information content (AvgIpc) is 3.96. The van der Waals surface area contributed by atoms with Gasteiger partial charge < -0.3 is 60.5 Å². The van der Waals surface area contributed by atoms with Gasteiger partial charge >= 0.3 is 0 Å². The molecule has 12 heteroatoms. The van der Waals surface area contributed by atoms with E-state index in [0.29, 0.717) is 72.7 Å². The summed E-state index contributed by atoms with van der Waals surface area (Å²) in [6.45, 7) is 0. The number of ether oxygens (including phenoxy) is 2. The van der Waals surface area contributed by atoms with Crippen LogP contribution in [0.2, 0.25) is 0 Å². The molecule has 0 saturated heterocycles. The molecular formula is C56H42O12. The van der Waals surface area contributed by atoms with Crippen LogP contribution in [-0.2, 0) is 0 Å². The van der Waals surface area contributed by atoms with Crippen LogP contribution in [0.25, 0.3) is 0 Å². The first-order valence-corrected chi connectivity index (χ1v) is 22.2. The quantitative estimate of drug-likeness (QED) is 0.0753. The van der Waals surface area contributed by atoms with Crippen molar-refractivity contribution < 1.29 is 60.5 Å². The first-order chi connectivity index (χ1) is 32.8. The zero-order valence-electron chi connectivity index (χ0n) is 35.8. The van der Waals surface area contributed by atoms with E-state index in [1.807, 2.05) is 12.1 Å². The van der Waals surface area contributed by atoms with E-state index in [-0.39, 0.29) is 57.5 Å². The van der Waals surface area contributed by atoms with E-state index < -0.39 is 47.7 Å². The smallest absolute Gasteiger partial charge is 0.135 e. The number of hydrogen-bond acceptors (Lipinski definition) is 12. The molecule has 2 aliphatic carbocycles. The standard InChI is InChI=1S/C56H42O12/c57-30-9-1-25(2-10-30)44-47-38(20-36(63)22-40(47)65)50-52-43(68-56(50)28-7-15-33(60)16-8-28)24-41(66)51-49(45(53(44)54(51)52)26-3-11-31(58)12-4-26)39-21-37(64)23-42-48(39)46(29-17-34(61)19-35(62)18-29)55(67-42)27-5-13-32(59)14-6-27/h1-24,44-46,49-50,53,55-66H/t44-,45-,46+,49-,50-,53+,55-,56+/m1/s1. The predicted molar refractivity (Wildman–Crippen MR) is 248 cm³/mol. The normalized spacial score (nSPS) is 22.6. The van der Waals surface area contributed by atoms with Gasteiger partial charge in [0, 0.05) is 70.2 Å². The maximum atomic E-state index is 12.8. The lowest BCUT2D eigenvalue weighted by Gasteiger charge is -2.35. The molecule has 2 aliphatic heterocycles. The van der Waals surface area contributed by atoms with Crippen LogP contribution in [0.4, 0.5) is 0 Å². The number of fused-ring (bicyclic) bond motifs is 3. The summed E-state index contributed by atoms with van der Waals surface area (Å²) in [5.41, 5.74) is 7.26. The number of phenols is 10. The Labute approximate surface area is 388 Å². The van der Waals surface area contributed by atoms with Gasteiger partial charge in [-0.05, 0) is 117 Å². The van der Waals surface area contributed by atoms with Crippen LogP contribution in [0, 0.1) is 0 Å². The van der Waals surface area contributed by atoms with Crippen molar-refractivity contribution in [2.75, 3.05) is 0 Å². The van der Waals surface area contributed by atoms with Crippen molar-refractivity contribution in [3.8, 4) is 69.0 Å². The summed E-state index contributed by atoms with van der Waals surface area (Å²) in [6.07, 6.45) is -1.59. The van der Waals surface area contributed by atoms with Crippen LogP contribution in [0.15, 0.2) is 146 Å². The predicted octanol–water partition coefficient (Wildman–Crippen LogP) is 10.4. The topological polar surface area (TPSA) is 221 Å². The van der Waals surface area contributed by atoms with E-state index in [1.54, 1.807) is 103 Å². The maximum Gasteiger partial charge on any atom is 0.135 e. The molecule has 8 aromatic rings. The number of rotatable bonds is 6. The van der Waals surface area contributed by atoms with Crippen molar-refractivity contribution in [1.82, 2.24) is 0 Å². The maximum absolute atomic E-state index is 12.8. The molecule has 0 aromatic heterocycles. The molecule has 4 aliphatic rings. The lowest BCUT2D eigenvalue weighted by atomic mass is 9.68.